The zero-order valence-corrected chi connectivity index (χ0v) is 12.7. The molecule has 1 heterocycles. The zero-order chi connectivity index (χ0) is 15.1. The molecular weight excluding hydrogens is 272 g/mol. The fourth-order valence-electron chi connectivity index (χ4n) is 2.44. The zero-order valence-electron chi connectivity index (χ0n) is 12.7. The van der Waals surface area contributed by atoms with Crippen molar-refractivity contribution in [2.45, 2.75) is 18.9 Å². The van der Waals surface area contributed by atoms with Crippen LogP contribution in [0.25, 0.3) is 0 Å². The third-order valence-electron chi connectivity index (χ3n) is 3.77. The molecule has 0 bridgehead atoms. The lowest BCUT2D eigenvalue weighted by molar-refractivity contribution is -0.0101. The molecule has 1 N–H and O–H groups in total. The van der Waals surface area contributed by atoms with E-state index in [0.29, 0.717) is 29.6 Å². The largest absolute Gasteiger partial charge is 0.497 e. The topological polar surface area (TPSA) is 57.2 Å². The van der Waals surface area contributed by atoms with E-state index in [1.54, 1.807) is 32.4 Å². The Morgan fingerprint density at radius 3 is 2.67 bits per heavy atom. The molecule has 21 heavy (non-hydrogen) atoms. The summed E-state index contributed by atoms with van der Waals surface area (Å²) >= 11 is 0. The Morgan fingerprint density at radius 2 is 2.00 bits per heavy atom. The second-order valence-electron chi connectivity index (χ2n) is 5.22. The molecule has 2 rings (SSSR count). The number of benzene rings is 1. The van der Waals surface area contributed by atoms with Gasteiger partial charge in [-0.1, -0.05) is 0 Å². The van der Waals surface area contributed by atoms with Crippen molar-refractivity contribution in [2.24, 2.45) is 5.92 Å². The van der Waals surface area contributed by atoms with E-state index in [1.165, 1.54) is 0 Å². The number of methoxy groups -OCH3 is 2. The number of hydrogen-bond donors (Lipinski definition) is 1. The number of rotatable bonds is 7. The predicted molar refractivity (Wildman–Crippen MR) is 78.9 cm³/mol. The van der Waals surface area contributed by atoms with Crippen LogP contribution in [0.3, 0.4) is 0 Å². The summed E-state index contributed by atoms with van der Waals surface area (Å²) < 4.78 is 21.4. The molecule has 5 heteroatoms. The molecular formula is C16H24O5. The summed E-state index contributed by atoms with van der Waals surface area (Å²) in [5, 5.41) is 10.3. The summed E-state index contributed by atoms with van der Waals surface area (Å²) in [6.07, 6.45) is 1.36. The molecule has 0 aromatic heterocycles. The maximum atomic E-state index is 10.3. The van der Waals surface area contributed by atoms with Crippen LogP contribution in [0.15, 0.2) is 18.2 Å². The summed E-state index contributed by atoms with van der Waals surface area (Å²) in [6.45, 7) is 2.55. The maximum Gasteiger partial charge on any atom is 0.128 e. The molecule has 1 atom stereocenters. The molecule has 0 spiro atoms. The van der Waals surface area contributed by atoms with Crippen molar-refractivity contribution in [3.63, 3.8) is 0 Å². The Bertz CT molecular complexity index is 429. The van der Waals surface area contributed by atoms with Crippen molar-refractivity contribution >= 4 is 0 Å². The van der Waals surface area contributed by atoms with Crippen LogP contribution in [-0.2, 0) is 9.47 Å². The third kappa shape index (κ3) is 4.59. The molecule has 1 aromatic carbocycles. The second kappa shape index (κ2) is 8.22. The van der Waals surface area contributed by atoms with Gasteiger partial charge in [0.2, 0.25) is 0 Å². The second-order valence-corrected chi connectivity index (χ2v) is 5.22. The Labute approximate surface area is 125 Å². The average Bonchev–Trinajstić information content (AvgIpc) is 2.55. The molecule has 1 fully saturated rings. The first-order valence-electron chi connectivity index (χ1n) is 7.30. The van der Waals surface area contributed by atoms with Crippen molar-refractivity contribution in [3.8, 4) is 11.5 Å². The van der Waals surface area contributed by atoms with E-state index < -0.39 is 6.10 Å². The minimum atomic E-state index is -0.703. The van der Waals surface area contributed by atoms with Crippen molar-refractivity contribution in [1.29, 1.82) is 0 Å². The van der Waals surface area contributed by atoms with Gasteiger partial charge in [-0.3, -0.25) is 0 Å². The molecule has 1 aliphatic rings. The number of ether oxygens (including phenoxy) is 4. The first-order chi connectivity index (χ1) is 10.2. The lowest BCUT2D eigenvalue weighted by atomic mass is 10.0. The molecule has 0 radical (unpaired) electrons. The average molecular weight is 296 g/mol. The summed E-state index contributed by atoms with van der Waals surface area (Å²) in [6, 6.07) is 5.37. The van der Waals surface area contributed by atoms with Crippen molar-refractivity contribution in [1.82, 2.24) is 0 Å². The van der Waals surface area contributed by atoms with Gasteiger partial charge in [0.25, 0.3) is 0 Å². The molecule has 118 valence electrons. The van der Waals surface area contributed by atoms with Gasteiger partial charge >= 0.3 is 0 Å². The van der Waals surface area contributed by atoms with E-state index >= 15 is 0 Å². The van der Waals surface area contributed by atoms with Gasteiger partial charge in [-0.25, -0.2) is 0 Å². The Hall–Kier alpha value is -1.30. The highest BCUT2D eigenvalue weighted by Gasteiger charge is 2.17. The van der Waals surface area contributed by atoms with Gasteiger partial charge < -0.3 is 24.1 Å². The summed E-state index contributed by atoms with van der Waals surface area (Å²) in [4.78, 5) is 0. The van der Waals surface area contributed by atoms with Crippen LogP contribution < -0.4 is 9.47 Å². The van der Waals surface area contributed by atoms with Gasteiger partial charge in [0.05, 0.1) is 20.8 Å². The smallest absolute Gasteiger partial charge is 0.128 e. The van der Waals surface area contributed by atoms with Crippen LogP contribution >= 0.6 is 0 Å². The normalized spacial score (nSPS) is 17.5. The highest BCUT2D eigenvalue weighted by atomic mass is 16.5. The van der Waals surface area contributed by atoms with Gasteiger partial charge in [-0.15, -0.1) is 0 Å². The van der Waals surface area contributed by atoms with E-state index in [1.807, 2.05) is 0 Å². The summed E-state index contributed by atoms with van der Waals surface area (Å²) in [7, 11) is 3.18. The predicted octanol–water partition coefficient (Wildman–Crippen LogP) is 2.18. The molecule has 0 amide bonds. The molecule has 1 unspecified atom stereocenters. The van der Waals surface area contributed by atoms with Crippen LogP contribution in [0.5, 0.6) is 11.5 Å². The summed E-state index contributed by atoms with van der Waals surface area (Å²) in [5.41, 5.74) is 0.713. The van der Waals surface area contributed by atoms with Crippen LogP contribution in [0, 0.1) is 5.92 Å². The van der Waals surface area contributed by atoms with Gasteiger partial charge in [-0.05, 0) is 30.9 Å². The van der Waals surface area contributed by atoms with E-state index in [2.05, 4.69) is 0 Å². The maximum absolute atomic E-state index is 10.3. The van der Waals surface area contributed by atoms with Crippen LogP contribution in [0.4, 0.5) is 0 Å². The van der Waals surface area contributed by atoms with E-state index in [-0.39, 0.29) is 6.61 Å². The SMILES string of the molecule is COc1ccc(C(O)COCC2CCOCC2)c(OC)c1. The van der Waals surface area contributed by atoms with E-state index in [9.17, 15) is 5.11 Å². The van der Waals surface area contributed by atoms with Crippen LogP contribution in [-0.4, -0.2) is 45.8 Å². The van der Waals surface area contributed by atoms with Gasteiger partial charge in [0, 0.05) is 31.5 Å². The Morgan fingerprint density at radius 1 is 1.24 bits per heavy atom. The monoisotopic (exact) mass is 296 g/mol. The van der Waals surface area contributed by atoms with Crippen LogP contribution in [0.1, 0.15) is 24.5 Å². The highest BCUT2D eigenvalue weighted by Crippen LogP contribution is 2.29. The lowest BCUT2D eigenvalue weighted by Gasteiger charge is -2.22. The Balaban J connectivity index is 1.85. The van der Waals surface area contributed by atoms with Gasteiger partial charge in [0.15, 0.2) is 0 Å². The van der Waals surface area contributed by atoms with Crippen molar-refractivity contribution in [3.05, 3.63) is 23.8 Å². The standard InChI is InChI=1S/C16H24O5/c1-18-13-3-4-14(16(9-13)19-2)15(17)11-21-10-12-5-7-20-8-6-12/h3-4,9,12,15,17H,5-8,10-11H2,1-2H3. The quantitative estimate of drug-likeness (QED) is 0.836. The fourth-order valence-corrected chi connectivity index (χ4v) is 2.44. The third-order valence-corrected chi connectivity index (χ3v) is 3.77. The first kappa shape index (κ1) is 16.1. The number of hydrogen-bond acceptors (Lipinski definition) is 5. The molecule has 1 saturated heterocycles. The Kier molecular flexibility index (Phi) is 6.29. The molecule has 1 aliphatic heterocycles. The van der Waals surface area contributed by atoms with Gasteiger partial charge in [0.1, 0.15) is 17.6 Å². The van der Waals surface area contributed by atoms with E-state index in [0.717, 1.165) is 26.1 Å². The minimum Gasteiger partial charge on any atom is -0.497 e. The van der Waals surface area contributed by atoms with Gasteiger partial charge in [-0.2, -0.15) is 0 Å². The van der Waals surface area contributed by atoms with Crippen molar-refractivity contribution < 1.29 is 24.1 Å². The number of aliphatic hydroxyl groups is 1. The molecule has 0 aliphatic carbocycles. The lowest BCUT2D eigenvalue weighted by Crippen LogP contribution is -2.21. The molecule has 1 aromatic rings. The highest BCUT2D eigenvalue weighted by molar-refractivity contribution is 5.41. The minimum absolute atomic E-state index is 0.264. The summed E-state index contributed by atoms with van der Waals surface area (Å²) in [5.74, 6) is 1.84. The van der Waals surface area contributed by atoms with E-state index in [4.69, 9.17) is 18.9 Å². The fraction of sp³-hybridized carbons (Fsp3) is 0.625. The number of aliphatic hydroxyl groups excluding tert-OH is 1. The van der Waals surface area contributed by atoms with Crippen LogP contribution in [0.2, 0.25) is 0 Å². The molecule has 5 nitrogen and oxygen atoms in total. The molecule has 0 saturated carbocycles. The van der Waals surface area contributed by atoms with Crippen molar-refractivity contribution in [2.75, 3.05) is 40.6 Å². The first-order valence-corrected chi connectivity index (χ1v) is 7.30.